The molecule has 0 saturated carbocycles. The molecule has 3 heterocycles. The van der Waals surface area contributed by atoms with Gasteiger partial charge < -0.3 is 14.1 Å². The molecule has 0 radical (unpaired) electrons. The van der Waals surface area contributed by atoms with E-state index in [1.807, 2.05) is 66.4 Å². The van der Waals surface area contributed by atoms with E-state index in [4.69, 9.17) is 9.15 Å². The minimum Gasteiger partial charge on any atom is -0.408 e. The van der Waals surface area contributed by atoms with Gasteiger partial charge in [-0.1, -0.05) is 56.6 Å². The number of ether oxygens (including phenoxy) is 1. The molecule has 1 amide bonds. The van der Waals surface area contributed by atoms with Crippen molar-refractivity contribution in [2.24, 2.45) is 0 Å². The Morgan fingerprint density at radius 2 is 1.90 bits per heavy atom. The van der Waals surface area contributed by atoms with E-state index in [1.165, 1.54) is 4.57 Å². The van der Waals surface area contributed by atoms with Crippen LogP contribution in [-0.2, 0) is 24.4 Å². The smallest absolute Gasteiger partial charge is 0.408 e. The standard InChI is InChI=1S/C31H35N3O4Si/c1-21(2)23-11-8-14-32-26(23)18-28-24-9-6-7-10-25(24)30(35)33(28)19-22-12-13-27-29(17-22)38-31(36)34(27)20-37-15-16-39(3,4)5/h6-14,17,28H,1,15-16,18-20H2,2-5H3. The molecule has 8 heteroatoms. The number of amides is 1. The van der Waals surface area contributed by atoms with Crippen LogP contribution in [-0.4, -0.2) is 35.0 Å². The zero-order valence-electron chi connectivity index (χ0n) is 23.1. The lowest BCUT2D eigenvalue weighted by atomic mass is 9.96. The number of carbonyl (C=O) groups is 1. The number of oxazole rings is 1. The fourth-order valence-electron chi connectivity index (χ4n) is 5.08. The quantitative estimate of drug-likeness (QED) is 0.175. The van der Waals surface area contributed by atoms with Gasteiger partial charge in [0.05, 0.1) is 17.3 Å². The molecule has 0 fully saturated rings. The molecule has 0 saturated heterocycles. The molecule has 0 bridgehead atoms. The monoisotopic (exact) mass is 541 g/mol. The average molecular weight is 542 g/mol. The molecule has 0 N–H and O–H groups in total. The molecule has 1 aliphatic heterocycles. The van der Waals surface area contributed by atoms with E-state index in [0.29, 0.717) is 36.2 Å². The van der Waals surface area contributed by atoms with Crippen LogP contribution < -0.4 is 5.76 Å². The molecule has 5 rings (SSSR count). The molecule has 7 nitrogen and oxygen atoms in total. The van der Waals surface area contributed by atoms with Crippen molar-refractivity contribution in [1.29, 1.82) is 0 Å². The number of nitrogens with zero attached hydrogens (tertiary/aromatic N) is 3. The minimum atomic E-state index is -1.22. The van der Waals surface area contributed by atoms with Crippen LogP contribution in [0.25, 0.3) is 16.7 Å². The third kappa shape index (κ3) is 5.67. The molecule has 2 aromatic carbocycles. The van der Waals surface area contributed by atoms with Crippen molar-refractivity contribution >= 4 is 30.7 Å². The third-order valence-electron chi connectivity index (χ3n) is 7.23. The average Bonchev–Trinajstić information content (AvgIpc) is 3.34. The fraction of sp³-hybridized carbons (Fsp3) is 0.323. The zero-order chi connectivity index (χ0) is 27.7. The van der Waals surface area contributed by atoms with Gasteiger partial charge in [-0.25, -0.2) is 9.36 Å². The Morgan fingerprint density at radius 1 is 1.10 bits per heavy atom. The van der Waals surface area contributed by atoms with Crippen molar-refractivity contribution in [2.75, 3.05) is 6.61 Å². The molecular formula is C31H35N3O4Si. The highest BCUT2D eigenvalue weighted by Crippen LogP contribution is 2.38. The van der Waals surface area contributed by atoms with E-state index in [9.17, 15) is 9.59 Å². The van der Waals surface area contributed by atoms with Crippen molar-refractivity contribution in [3.05, 3.63) is 106 Å². The number of allylic oxidation sites excluding steroid dienone is 1. The van der Waals surface area contributed by atoms with E-state index in [-0.39, 0.29) is 18.7 Å². The van der Waals surface area contributed by atoms with Crippen LogP contribution in [0.2, 0.25) is 25.7 Å². The molecule has 0 aliphatic carbocycles. The van der Waals surface area contributed by atoms with Gasteiger partial charge in [-0.2, -0.15) is 0 Å². The zero-order valence-corrected chi connectivity index (χ0v) is 24.1. The summed E-state index contributed by atoms with van der Waals surface area (Å²) in [4.78, 5) is 32.7. The van der Waals surface area contributed by atoms with Gasteiger partial charge in [0.15, 0.2) is 5.58 Å². The van der Waals surface area contributed by atoms with E-state index in [2.05, 4.69) is 31.2 Å². The van der Waals surface area contributed by atoms with Gasteiger partial charge in [-0.3, -0.25) is 9.78 Å². The van der Waals surface area contributed by atoms with Gasteiger partial charge in [0.1, 0.15) is 6.73 Å². The number of fused-ring (bicyclic) bond motifs is 2. The molecule has 1 unspecified atom stereocenters. The summed E-state index contributed by atoms with van der Waals surface area (Å²) in [5.41, 5.74) is 6.62. The first-order valence-electron chi connectivity index (χ1n) is 13.3. The Balaban J connectivity index is 1.40. The van der Waals surface area contributed by atoms with Crippen LogP contribution in [0.1, 0.15) is 45.7 Å². The Hall–Kier alpha value is -3.75. The first kappa shape index (κ1) is 26.8. The number of hydrogen-bond acceptors (Lipinski definition) is 5. The van der Waals surface area contributed by atoms with E-state index < -0.39 is 13.8 Å². The fourth-order valence-corrected chi connectivity index (χ4v) is 5.84. The lowest BCUT2D eigenvalue weighted by molar-refractivity contribution is 0.0708. The second-order valence-corrected chi connectivity index (χ2v) is 17.1. The predicted molar refractivity (Wildman–Crippen MR) is 156 cm³/mol. The maximum atomic E-state index is 13.6. The maximum absolute atomic E-state index is 13.6. The Bertz CT molecular complexity index is 1600. The van der Waals surface area contributed by atoms with E-state index in [0.717, 1.165) is 34.0 Å². The van der Waals surface area contributed by atoms with Crippen LogP contribution >= 0.6 is 0 Å². The van der Waals surface area contributed by atoms with Crippen LogP contribution in [0.15, 0.2) is 76.6 Å². The highest BCUT2D eigenvalue weighted by molar-refractivity contribution is 6.76. The second-order valence-electron chi connectivity index (χ2n) is 11.5. The summed E-state index contributed by atoms with van der Waals surface area (Å²) in [6.45, 7) is 14.1. The summed E-state index contributed by atoms with van der Waals surface area (Å²) < 4.78 is 12.9. The van der Waals surface area contributed by atoms with Crippen LogP contribution in [0.4, 0.5) is 0 Å². The SMILES string of the molecule is C=C(C)c1cccnc1CC1c2ccccc2C(=O)N1Cc1ccc2c(c1)oc(=O)n2COCC[Si](C)(C)C. The number of hydrogen-bond donors (Lipinski definition) is 0. The number of aromatic nitrogens is 2. The Labute approximate surface area is 229 Å². The van der Waals surface area contributed by atoms with Gasteiger partial charge >= 0.3 is 5.76 Å². The summed E-state index contributed by atoms with van der Waals surface area (Å²) in [5, 5.41) is 0. The summed E-state index contributed by atoms with van der Waals surface area (Å²) in [5.74, 6) is -0.460. The van der Waals surface area contributed by atoms with Crippen molar-refractivity contribution in [3.8, 4) is 0 Å². The van der Waals surface area contributed by atoms with Crippen LogP contribution in [0.5, 0.6) is 0 Å². The summed E-state index contributed by atoms with van der Waals surface area (Å²) >= 11 is 0. The highest BCUT2D eigenvalue weighted by atomic mass is 28.3. The van der Waals surface area contributed by atoms with Gasteiger partial charge in [0.25, 0.3) is 5.91 Å². The molecule has 4 aromatic rings. The maximum Gasteiger partial charge on any atom is 0.421 e. The molecule has 2 aromatic heterocycles. The van der Waals surface area contributed by atoms with Crippen molar-refractivity contribution in [1.82, 2.24) is 14.5 Å². The van der Waals surface area contributed by atoms with Gasteiger partial charge in [0, 0.05) is 39.4 Å². The molecule has 0 spiro atoms. The Kier molecular flexibility index (Phi) is 7.42. The lowest BCUT2D eigenvalue weighted by Crippen LogP contribution is -2.29. The summed E-state index contributed by atoms with van der Waals surface area (Å²) in [7, 11) is -1.22. The first-order chi connectivity index (χ1) is 18.6. The highest BCUT2D eigenvalue weighted by Gasteiger charge is 2.37. The molecule has 1 aliphatic rings. The van der Waals surface area contributed by atoms with Gasteiger partial charge in [0.2, 0.25) is 0 Å². The number of carbonyl (C=O) groups excluding carboxylic acids is 1. The number of pyridine rings is 1. The Morgan fingerprint density at radius 3 is 2.67 bits per heavy atom. The predicted octanol–water partition coefficient (Wildman–Crippen LogP) is 6.27. The molecule has 202 valence electrons. The van der Waals surface area contributed by atoms with E-state index in [1.54, 1.807) is 6.20 Å². The van der Waals surface area contributed by atoms with Crippen molar-refractivity contribution in [3.63, 3.8) is 0 Å². The lowest BCUT2D eigenvalue weighted by Gasteiger charge is -2.26. The summed E-state index contributed by atoms with van der Waals surface area (Å²) in [6, 6.07) is 18.2. The van der Waals surface area contributed by atoms with Crippen LogP contribution in [0, 0.1) is 0 Å². The largest absolute Gasteiger partial charge is 0.421 e. The molecule has 1 atom stereocenters. The molecule has 39 heavy (non-hydrogen) atoms. The normalized spacial score (nSPS) is 15.2. The topological polar surface area (TPSA) is 77.6 Å². The van der Waals surface area contributed by atoms with Crippen LogP contribution in [0.3, 0.4) is 0 Å². The third-order valence-corrected chi connectivity index (χ3v) is 8.93. The van der Waals surface area contributed by atoms with E-state index >= 15 is 0 Å². The first-order valence-corrected chi connectivity index (χ1v) is 17.0. The van der Waals surface area contributed by atoms with Gasteiger partial charge in [-0.15, -0.1) is 0 Å². The number of benzene rings is 2. The van der Waals surface area contributed by atoms with Crippen molar-refractivity contribution < 1.29 is 13.9 Å². The van der Waals surface area contributed by atoms with Crippen molar-refractivity contribution in [2.45, 2.75) is 58.3 Å². The number of rotatable bonds is 10. The minimum absolute atomic E-state index is 0.0154. The summed E-state index contributed by atoms with van der Waals surface area (Å²) in [6.07, 6.45) is 2.36. The second kappa shape index (κ2) is 10.8. The molecular weight excluding hydrogens is 506 g/mol. The van der Waals surface area contributed by atoms with Gasteiger partial charge in [-0.05, 0) is 59.5 Å².